The summed E-state index contributed by atoms with van der Waals surface area (Å²) in [5.74, 6) is -0.658. The van der Waals surface area contributed by atoms with E-state index in [1.54, 1.807) is 24.3 Å². The number of amides is 1. The summed E-state index contributed by atoms with van der Waals surface area (Å²) >= 11 is 0. The van der Waals surface area contributed by atoms with Gasteiger partial charge in [-0.15, -0.1) is 0 Å². The molecule has 0 saturated carbocycles. The van der Waals surface area contributed by atoms with Crippen LogP contribution >= 0.6 is 0 Å². The molecule has 0 fully saturated rings. The van der Waals surface area contributed by atoms with E-state index in [1.165, 1.54) is 31.3 Å². The fourth-order valence-corrected chi connectivity index (χ4v) is 2.97. The van der Waals surface area contributed by atoms with Crippen molar-refractivity contribution < 1.29 is 38.0 Å². The van der Waals surface area contributed by atoms with E-state index in [2.05, 4.69) is 10.3 Å². The van der Waals surface area contributed by atoms with Gasteiger partial charge in [0.1, 0.15) is 22.9 Å². The molecule has 2 heterocycles. The lowest BCUT2D eigenvalue weighted by Crippen LogP contribution is -2.24. The number of halogens is 1. The number of fused-ring (bicyclic) bond motifs is 1. The Morgan fingerprint density at radius 1 is 1.15 bits per heavy atom. The van der Waals surface area contributed by atoms with Crippen LogP contribution in [0.5, 0.6) is 28.9 Å². The largest absolute Gasteiger partial charge is 0.479 e. The number of nitrogens with one attached hydrogen (secondary N) is 1. The molecule has 1 aliphatic rings. The van der Waals surface area contributed by atoms with E-state index in [0.717, 1.165) is 6.07 Å². The third kappa shape index (κ3) is 5.12. The van der Waals surface area contributed by atoms with E-state index in [9.17, 15) is 14.0 Å². The normalized spacial score (nSPS) is 12.7. The maximum atomic E-state index is 14.4. The highest BCUT2D eigenvalue weighted by atomic mass is 19.1. The number of ether oxygens (including phenoxy) is 4. The molecule has 1 atom stereocenters. The molecule has 9 nitrogen and oxygen atoms in total. The second-order valence-electron chi connectivity index (χ2n) is 7.01. The first-order chi connectivity index (χ1) is 15.9. The van der Waals surface area contributed by atoms with Crippen LogP contribution in [0, 0.1) is 5.82 Å². The number of carbonyl (C=O) groups is 2. The monoisotopic (exact) mass is 454 g/mol. The zero-order chi connectivity index (χ0) is 23.4. The number of nitrogens with zero attached hydrogens (tertiary/aromatic N) is 1. The van der Waals surface area contributed by atoms with E-state index in [4.69, 9.17) is 24.1 Å². The number of carboxylic acid groups (broad SMARTS) is 1. The minimum Gasteiger partial charge on any atom is -0.479 e. The van der Waals surface area contributed by atoms with Gasteiger partial charge < -0.3 is 29.4 Å². The molecular weight excluding hydrogens is 435 g/mol. The van der Waals surface area contributed by atoms with Crippen molar-refractivity contribution in [2.45, 2.75) is 19.6 Å². The highest BCUT2D eigenvalue weighted by molar-refractivity contribution is 5.96. The number of aliphatic carboxylic acids is 1. The Morgan fingerprint density at radius 3 is 2.73 bits per heavy atom. The van der Waals surface area contributed by atoms with Gasteiger partial charge in [0.15, 0.2) is 17.6 Å². The summed E-state index contributed by atoms with van der Waals surface area (Å²) < 4.78 is 35.9. The van der Waals surface area contributed by atoms with E-state index in [0.29, 0.717) is 17.2 Å². The van der Waals surface area contributed by atoms with Crippen molar-refractivity contribution in [1.29, 1.82) is 0 Å². The maximum absolute atomic E-state index is 14.4. The lowest BCUT2D eigenvalue weighted by Gasteiger charge is -2.13. The van der Waals surface area contributed by atoms with Crippen LogP contribution in [0.2, 0.25) is 0 Å². The molecule has 2 aromatic carbocycles. The van der Waals surface area contributed by atoms with E-state index < -0.39 is 23.8 Å². The fourth-order valence-electron chi connectivity index (χ4n) is 2.97. The van der Waals surface area contributed by atoms with Crippen LogP contribution in [-0.2, 0) is 11.3 Å². The SMILES string of the molecule is C[C@H](Oc1ccc(CNC(=O)c2cccnc2Oc2ccc3c(c2)OCO3)c(F)c1)C(=O)O. The van der Waals surface area contributed by atoms with Crippen LogP contribution in [0.25, 0.3) is 0 Å². The summed E-state index contributed by atoms with van der Waals surface area (Å²) in [6, 6.07) is 12.0. The average molecular weight is 454 g/mol. The van der Waals surface area contributed by atoms with Crippen molar-refractivity contribution in [3.05, 3.63) is 71.7 Å². The number of benzene rings is 2. The maximum Gasteiger partial charge on any atom is 0.344 e. The molecule has 1 aromatic heterocycles. The topological polar surface area (TPSA) is 116 Å². The molecule has 0 aliphatic carbocycles. The molecule has 33 heavy (non-hydrogen) atoms. The fraction of sp³-hybridized carbons (Fsp3) is 0.174. The predicted octanol–water partition coefficient (Wildman–Crippen LogP) is 3.52. The Labute approximate surface area is 187 Å². The van der Waals surface area contributed by atoms with Crippen molar-refractivity contribution in [2.75, 3.05) is 6.79 Å². The van der Waals surface area contributed by atoms with Gasteiger partial charge in [-0.05, 0) is 37.3 Å². The second kappa shape index (κ2) is 9.43. The summed E-state index contributed by atoms with van der Waals surface area (Å²) in [6.07, 6.45) is 0.360. The number of carbonyl (C=O) groups excluding carboxylic acids is 1. The minimum absolute atomic E-state index is 0.0701. The van der Waals surface area contributed by atoms with Crippen molar-refractivity contribution in [2.24, 2.45) is 0 Å². The number of hydrogen-bond acceptors (Lipinski definition) is 7. The molecule has 4 rings (SSSR count). The van der Waals surface area contributed by atoms with Crippen molar-refractivity contribution in [3.63, 3.8) is 0 Å². The van der Waals surface area contributed by atoms with Gasteiger partial charge in [0.05, 0.1) is 0 Å². The van der Waals surface area contributed by atoms with E-state index in [1.807, 2.05) is 0 Å². The molecule has 2 N–H and O–H groups in total. The van der Waals surface area contributed by atoms with Crippen LogP contribution in [0.1, 0.15) is 22.8 Å². The summed E-state index contributed by atoms with van der Waals surface area (Å²) in [4.78, 5) is 27.7. The molecule has 0 radical (unpaired) electrons. The zero-order valence-corrected chi connectivity index (χ0v) is 17.4. The first-order valence-corrected chi connectivity index (χ1v) is 9.89. The Bertz CT molecular complexity index is 1200. The number of rotatable bonds is 8. The standard InChI is InChI=1S/C23H19FN2O7/c1-13(23(28)29)32-15-5-4-14(18(24)9-15)11-26-21(27)17-3-2-8-25-22(17)33-16-6-7-19-20(10-16)31-12-30-19/h2-10,13H,11-12H2,1H3,(H,26,27)(H,28,29)/t13-/m0/s1. The molecule has 1 aliphatic heterocycles. The average Bonchev–Trinajstić information content (AvgIpc) is 3.26. The smallest absolute Gasteiger partial charge is 0.344 e. The van der Waals surface area contributed by atoms with Crippen molar-refractivity contribution >= 4 is 11.9 Å². The molecule has 0 bridgehead atoms. The van der Waals surface area contributed by atoms with Gasteiger partial charge in [-0.1, -0.05) is 6.07 Å². The van der Waals surface area contributed by atoms with Gasteiger partial charge in [0, 0.05) is 30.4 Å². The van der Waals surface area contributed by atoms with Gasteiger partial charge in [-0.2, -0.15) is 0 Å². The second-order valence-corrected chi connectivity index (χ2v) is 7.01. The highest BCUT2D eigenvalue weighted by Gasteiger charge is 2.18. The Morgan fingerprint density at radius 2 is 1.94 bits per heavy atom. The summed E-state index contributed by atoms with van der Waals surface area (Å²) in [7, 11) is 0. The summed E-state index contributed by atoms with van der Waals surface area (Å²) in [5, 5.41) is 11.5. The lowest BCUT2D eigenvalue weighted by molar-refractivity contribution is -0.144. The molecule has 1 amide bonds. The first-order valence-electron chi connectivity index (χ1n) is 9.89. The first kappa shape index (κ1) is 21.9. The Balaban J connectivity index is 1.43. The van der Waals surface area contributed by atoms with Gasteiger partial charge in [0.2, 0.25) is 12.7 Å². The molecular formula is C23H19FN2O7. The molecule has 0 spiro atoms. The Kier molecular flexibility index (Phi) is 6.25. The molecule has 3 aromatic rings. The van der Waals surface area contributed by atoms with Gasteiger partial charge in [0.25, 0.3) is 5.91 Å². The molecule has 0 unspecified atom stereocenters. The van der Waals surface area contributed by atoms with Gasteiger partial charge in [-0.25, -0.2) is 14.2 Å². The van der Waals surface area contributed by atoms with Gasteiger partial charge in [-0.3, -0.25) is 4.79 Å². The molecule has 10 heteroatoms. The summed E-state index contributed by atoms with van der Waals surface area (Å²) in [6.45, 7) is 1.35. The van der Waals surface area contributed by atoms with Crippen molar-refractivity contribution in [3.8, 4) is 28.9 Å². The molecule has 170 valence electrons. The summed E-state index contributed by atoms with van der Waals surface area (Å²) in [5.41, 5.74) is 0.353. The third-order valence-corrected chi connectivity index (χ3v) is 4.70. The predicted molar refractivity (Wildman–Crippen MR) is 112 cm³/mol. The van der Waals surface area contributed by atoms with Crippen LogP contribution in [0.4, 0.5) is 4.39 Å². The van der Waals surface area contributed by atoms with Crippen LogP contribution in [-0.4, -0.2) is 34.9 Å². The zero-order valence-electron chi connectivity index (χ0n) is 17.4. The Hall–Kier alpha value is -4.34. The van der Waals surface area contributed by atoms with E-state index >= 15 is 0 Å². The lowest BCUT2D eigenvalue weighted by atomic mass is 10.2. The van der Waals surface area contributed by atoms with E-state index in [-0.39, 0.29) is 36.1 Å². The number of hydrogen-bond donors (Lipinski definition) is 2. The quantitative estimate of drug-likeness (QED) is 0.531. The number of aromatic nitrogens is 1. The van der Waals surface area contributed by atoms with Crippen LogP contribution in [0.15, 0.2) is 54.7 Å². The van der Waals surface area contributed by atoms with Crippen molar-refractivity contribution in [1.82, 2.24) is 10.3 Å². The van der Waals surface area contributed by atoms with Gasteiger partial charge >= 0.3 is 5.97 Å². The highest BCUT2D eigenvalue weighted by Crippen LogP contribution is 2.36. The minimum atomic E-state index is -1.16. The molecule has 0 saturated heterocycles. The number of pyridine rings is 1. The number of carboxylic acids is 1. The third-order valence-electron chi connectivity index (χ3n) is 4.70. The van der Waals surface area contributed by atoms with Crippen LogP contribution < -0.4 is 24.3 Å². The van der Waals surface area contributed by atoms with Crippen LogP contribution in [0.3, 0.4) is 0 Å².